The molecule has 4 rings (SSSR count). The van der Waals surface area contributed by atoms with E-state index in [1.54, 1.807) is 38.5 Å². The minimum atomic E-state index is -0.728. The highest BCUT2D eigenvalue weighted by Gasteiger charge is 2.38. The number of nitrogens with one attached hydrogen (secondary N) is 2. The van der Waals surface area contributed by atoms with Crippen LogP contribution in [0.1, 0.15) is 12.8 Å². The number of rotatable bonds is 9. The Morgan fingerprint density at radius 1 is 1.03 bits per heavy atom. The normalized spacial score (nSPS) is 15.6. The van der Waals surface area contributed by atoms with Gasteiger partial charge in [0.2, 0.25) is 5.91 Å². The number of nitrogens with zero attached hydrogens (tertiary/aromatic N) is 2. The number of amides is 4. The Morgan fingerprint density at radius 3 is 2.48 bits per heavy atom. The zero-order chi connectivity index (χ0) is 23.4. The van der Waals surface area contributed by atoms with Gasteiger partial charge < -0.3 is 24.7 Å². The molecule has 1 atom stereocenters. The van der Waals surface area contributed by atoms with Crippen LogP contribution in [-0.4, -0.2) is 49.2 Å². The maximum Gasteiger partial charge on any atom is 0.329 e. The summed E-state index contributed by atoms with van der Waals surface area (Å²) in [5, 5.41) is 6.60. The molecule has 1 aliphatic heterocycles. The van der Waals surface area contributed by atoms with Crippen LogP contribution in [0.5, 0.6) is 11.5 Å². The largest absolute Gasteiger partial charge is 0.497 e. The summed E-state index contributed by atoms with van der Waals surface area (Å²) < 4.78 is 12.4. The quantitative estimate of drug-likeness (QED) is 0.488. The molecule has 1 unspecified atom stereocenters. The third kappa shape index (κ3) is 4.77. The summed E-state index contributed by atoms with van der Waals surface area (Å²) in [5.74, 6) is 0.893. The number of fused-ring (bicyclic) bond motifs is 1. The van der Waals surface area contributed by atoms with Crippen molar-refractivity contribution in [2.75, 3.05) is 25.7 Å². The second kappa shape index (κ2) is 9.64. The van der Waals surface area contributed by atoms with E-state index in [0.29, 0.717) is 24.5 Å². The van der Waals surface area contributed by atoms with Gasteiger partial charge in [-0.25, -0.2) is 9.69 Å². The number of benzene rings is 2. The van der Waals surface area contributed by atoms with E-state index in [0.717, 1.165) is 21.6 Å². The monoisotopic (exact) mass is 450 g/mol. The number of carbonyl (C=O) groups is 3. The zero-order valence-corrected chi connectivity index (χ0v) is 18.5. The van der Waals surface area contributed by atoms with E-state index in [9.17, 15) is 14.4 Å². The molecule has 1 aromatic heterocycles. The Labute approximate surface area is 191 Å². The first-order valence-electron chi connectivity index (χ1n) is 10.7. The van der Waals surface area contributed by atoms with Crippen molar-refractivity contribution in [2.45, 2.75) is 25.4 Å². The molecule has 1 aliphatic rings. The molecule has 0 aliphatic carbocycles. The number of methoxy groups -OCH3 is 2. The lowest BCUT2D eigenvalue weighted by Gasteiger charge is -2.13. The Bertz CT molecular complexity index is 1170. The molecule has 33 heavy (non-hydrogen) atoms. The summed E-state index contributed by atoms with van der Waals surface area (Å²) in [6.45, 7) is 1.07. The molecule has 9 nitrogen and oxygen atoms in total. The fraction of sp³-hybridized carbons (Fsp3) is 0.292. The second-order valence-corrected chi connectivity index (χ2v) is 7.70. The fourth-order valence-corrected chi connectivity index (χ4v) is 3.88. The highest BCUT2D eigenvalue weighted by atomic mass is 16.5. The van der Waals surface area contributed by atoms with Crippen LogP contribution in [-0.2, 0) is 16.1 Å². The van der Waals surface area contributed by atoms with Gasteiger partial charge in [-0.2, -0.15) is 0 Å². The van der Waals surface area contributed by atoms with Crippen LogP contribution in [0.15, 0.2) is 54.7 Å². The minimum Gasteiger partial charge on any atom is -0.497 e. The van der Waals surface area contributed by atoms with Crippen LogP contribution in [0.4, 0.5) is 10.5 Å². The predicted molar refractivity (Wildman–Crippen MR) is 124 cm³/mol. The molecule has 0 spiro atoms. The lowest BCUT2D eigenvalue weighted by molar-refractivity contribution is -0.121. The maximum absolute atomic E-state index is 12.7. The van der Waals surface area contributed by atoms with E-state index in [1.807, 2.05) is 30.5 Å². The molecule has 0 radical (unpaired) electrons. The van der Waals surface area contributed by atoms with Gasteiger partial charge >= 0.3 is 6.03 Å². The molecule has 9 heteroatoms. The number of imide groups is 1. The van der Waals surface area contributed by atoms with Crippen molar-refractivity contribution in [3.63, 3.8) is 0 Å². The summed E-state index contributed by atoms with van der Waals surface area (Å²) in [6.07, 6.45) is 2.34. The zero-order valence-electron chi connectivity index (χ0n) is 18.5. The number of hydrogen-bond acceptors (Lipinski definition) is 5. The van der Waals surface area contributed by atoms with Gasteiger partial charge in [-0.3, -0.25) is 9.59 Å². The van der Waals surface area contributed by atoms with Crippen LogP contribution in [0.25, 0.3) is 10.9 Å². The standard InChI is InChI=1S/C24H26N4O5/c1-32-18-5-3-17(4-6-18)28-23(30)20(26-24(28)31)8-10-22(29)25-12-14-27-13-11-16-15-19(33-2)7-9-21(16)27/h3-7,9,11,13,15,20H,8,10,12,14H2,1-2H3,(H,25,29)(H,26,31). The topological polar surface area (TPSA) is 102 Å². The molecule has 0 bridgehead atoms. The van der Waals surface area contributed by atoms with Crippen LogP contribution in [0.3, 0.4) is 0 Å². The van der Waals surface area contributed by atoms with Crippen molar-refractivity contribution in [3.8, 4) is 11.5 Å². The van der Waals surface area contributed by atoms with E-state index < -0.39 is 12.1 Å². The molecular weight excluding hydrogens is 424 g/mol. The molecule has 2 heterocycles. The maximum atomic E-state index is 12.7. The first-order chi connectivity index (χ1) is 16.0. The van der Waals surface area contributed by atoms with Crippen molar-refractivity contribution in [3.05, 3.63) is 54.7 Å². The molecule has 1 fully saturated rings. The van der Waals surface area contributed by atoms with Gasteiger partial charge in [0.15, 0.2) is 0 Å². The van der Waals surface area contributed by atoms with E-state index in [1.165, 1.54) is 0 Å². The number of hydrogen-bond donors (Lipinski definition) is 2. The van der Waals surface area contributed by atoms with E-state index in [4.69, 9.17) is 9.47 Å². The van der Waals surface area contributed by atoms with Gasteiger partial charge in [0.1, 0.15) is 17.5 Å². The van der Waals surface area contributed by atoms with Crippen LogP contribution < -0.4 is 25.0 Å². The average molecular weight is 450 g/mol. The third-order valence-corrected chi connectivity index (χ3v) is 5.66. The average Bonchev–Trinajstić information content (AvgIpc) is 3.36. The SMILES string of the molecule is COc1ccc(N2C(=O)NC(CCC(=O)NCCn3ccc4cc(OC)ccc43)C2=O)cc1. The lowest BCUT2D eigenvalue weighted by atomic mass is 10.1. The number of urea groups is 1. The molecule has 172 valence electrons. The molecule has 4 amide bonds. The smallest absolute Gasteiger partial charge is 0.329 e. The van der Waals surface area contributed by atoms with E-state index in [-0.39, 0.29) is 24.7 Å². The summed E-state index contributed by atoms with van der Waals surface area (Å²) in [4.78, 5) is 38.4. The highest BCUT2D eigenvalue weighted by Crippen LogP contribution is 2.24. The van der Waals surface area contributed by atoms with Gasteiger partial charge in [-0.15, -0.1) is 0 Å². The number of anilines is 1. The third-order valence-electron chi connectivity index (χ3n) is 5.66. The number of carbonyl (C=O) groups excluding carboxylic acids is 3. The van der Waals surface area contributed by atoms with Crippen molar-refractivity contribution in [2.24, 2.45) is 0 Å². The minimum absolute atomic E-state index is 0.136. The van der Waals surface area contributed by atoms with Crippen molar-refractivity contribution in [1.29, 1.82) is 0 Å². The lowest BCUT2D eigenvalue weighted by Crippen LogP contribution is -2.33. The fourth-order valence-electron chi connectivity index (χ4n) is 3.88. The van der Waals surface area contributed by atoms with Crippen molar-refractivity contribution >= 4 is 34.4 Å². The summed E-state index contributed by atoms with van der Waals surface area (Å²) >= 11 is 0. The second-order valence-electron chi connectivity index (χ2n) is 7.70. The summed E-state index contributed by atoms with van der Waals surface area (Å²) in [6, 6.07) is 13.3. The molecular formula is C24H26N4O5. The molecule has 3 aromatic rings. The van der Waals surface area contributed by atoms with Gasteiger partial charge in [0, 0.05) is 36.6 Å². The van der Waals surface area contributed by atoms with Gasteiger partial charge in [-0.1, -0.05) is 0 Å². The molecule has 0 saturated carbocycles. The highest BCUT2D eigenvalue weighted by molar-refractivity contribution is 6.21. The Hall–Kier alpha value is -4.01. The summed E-state index contributed by atoms with van der Waals surface area (Å²) in [7, 11) is 3.18. The molecule has 2 N–H and O–H groups in total. The molecule has 1 saturated heterocycles. The van der Waals surface area contributed by atoms with Gasteiger partial charge in [0.05, 0.1) is 19.9 Å². The Morgan fingerprint density at radius 2 is 1.76 bits per heavy atom. The van der Waals surface area contributed by atoms with Crippen LogP contribution >= 0.6 is 0 Å². The Kier molecular flexibility index (Phi) is 6.48. The summed E-state index contributed by atoms with van der Waals surface area (Å²) in [5.41, 5.74) is 1.52. The van der Waals surface area contributed by atoms with Crippen molar-refractivity contribution < 1.29 is 23.9 Å². The predicted octanol–water partition coefficient (Wildman–Crippen LogP) is 2.68. The van der Waals surface area contributed by atoms with Crippen LogP contribution in [0, 0.1) is 0 Å². The van der Waals surface area contributed by atoms with E-state index >= 15 is 0 Å². The number of aromatic nitrogens is 1. The van der Waals surface area contributed by atoms with Gasteiger partial charge in [-0.05, 0) is 55.0 Å². The van der Waals surface area contributed by atoms with Crippen molar-refractivity contribution in [1.82, 2.24) is 15.2 Å². The molecule has 2 aromatic carbocycles. The first-order valence-corrected chi connectivity index (χ1v) is 10.7. The Balaban J connectivity index is 1.26. The first kappa shape index (κ1) is 22.2. The van der Waals surface area contributed by atoms with Gasteiger partial charge in [0.25, 0.3) is 5.91 Å². The van der Waals surface area contributed by atoms with E-state index in [2.05, 4.69) is 15.2 Å². The number of ether oxygens (including phenoxy) is 2. The van der Waals surface area contributed by atoms with Crippen LogP contribution in [0.2, 0.25) is 0 Å².